The maximum absolute atomic E-state index is 13.9. The van der Waals surface area contributed by atoms with Gasteiger partial charge in [0.2, 0.25) is 5.91 Å². The summed E-state index contributed by atoms with van der Waals surface area (Å²) >= 11 is 1.39. The first-order valence-electron chi connectivity index (χ1n) is 15.9. The van der Waals surface area contributed by atoms with E-state index < -0.39 is 17.1 Å². The summed E-state index contributed by atoms with van der Waals surface area (Å²) in [4.78, 5) is 41.6. The number of hydrogen-bond acceptors (Lipinski definition) is 4. The summed E-state index contributed by atoms with van der Waals surface area (Å²) < 4.78 is 0. The Morgan fingerprint density at radius 1 is 0.633 bits per heavy atom. The van der Waals surface area contributed by atoms with Crippen molar-refractivity contribution >= 4 is 57.7 Å². The van der Waals surface area contributed by atoms with Gasteiger partial charge in [0.1, 0.15) is 10.9 Å². The number of benzene rings is 6. The second kappa shape index (κ2) is 15.3. The van der Waals surface area contributed by atoms with Gasteiger partial charge in [-0.2, -0.15) is 0 Å². The number of carbonyl (C=O) groups excluding carboxylic acids is 3. The van der Waals surface area contributed by atoms with Gasteiger partial charge in [0.05, 0.1) is 0 Å². The number of carbonyl (C=O) groups is 3. The molecule has 7 heteroatoms. The van der Waals surface area contributed by atoms with Crippen LogP contribution in [0.5, 0.6) is 0 Å². The number of hydrogen-bond donors (Lipinski definition) is 3. The first-order valence-corrected chi connectivity index (χ1v) is 16.8. The van der Waals surface area contributed by atoms with E-state index in [1.807, 2.05) is 123 Å². The molecule has 0 aliphatic rings. The molecule has 3 N–H and O–H groups in total. The van der Waals surface area contributed by atoms with E-state index in [9.17, 15) is 14.4 Å². The molecule has 6 rings (SSSR count). The van der Waals surface area contributed by atoms with Crippen LogP contribution >= 0.6 is 11.8 Å². The molecule has 1 unspecified atom stereocenters. The zero-order valence-electron chi connectivity index (χ0n) is 27.1. The Morgan fingerprint density at radius 3 is 2.04 bits per heavy atom. The fourth-order valence-corrected chi connectivity index (χ4v) is 6.69. The Morgan fingerprint density at radius 2 is 1.29 bits per heavy atom. The summed E-state index contributed by atoms with van der Waals surface area (Å²) in [7, 11) is 0. The van der Waals surface area contributed by atoms with Crippen LogP contribution in [0, 0.1) is 13.8 Å². The molecular weight excluding hydrogens is 627 g/mol. The van der Waals surface area contributed by atoms with Crippen molar-refractivity contribution in [1.29, 1.82) is 0 Å². The van der Waals surface area contributed by atoms with Gasteiger partial charge in [0.15, 0.2) is 0 Å². The third-order valence-electron chi connectivity index (χ3n) is 7.83. The van der Waals surface area contributed by atoms with Crippen LogP contribution in [0.15, 0.2) is 156 Å². The van der Waals surface area contributed by atoms with Gasteiger partial charge < -0.3 is 16.0 Å². The molecule has 0 aromatic heterocycles. The zero-order chi connectivity index (χ0) is 34.2. The van der Waals surface area contributed by atoms with Crippen molar-refractivity contribution in [1.82, 2.24) is 5.32 Å². The van der Waals surface area contributed by atoms with Crippen molar-refractivity contribution in [2.75, 3.05) is 10.6 Å². The highest BCUT2D eigenvalue weighted by atomic mass is 32.2. The molecule has 242 valence electrons. The van der Waals surface area contributed by atoms with Crippen LogP contribution < -0.4 is 16.0 Å². The third-order valence-corrected chi connectivity index (χ3v) is 9.08. The molecule has 0 heterocycles. The lowest BCUT2D eigenvalue weighted by Gasteiger charge is -2.18. The van der Waals surface area contributed by atoms with E-state index >= 15 is 0 Å². The van der Waals surface area contributed by atoms with Crippen molar-refractivity contribution in [3.05, 3.63) is 179 Å². The van der Waals surface area contributed by atoms with Gasteiger partial charge in [-0.25, -0.2) is 0 Å². The summed E-state index contributed by atoms with van der Waals surface area (Å²) in [5.41, 5.74) is 5.58. The largest absolute Gasteiger partial charge is 0.325 e. The maximum atomic E-state index is 13.9. The monoisotopic (exact) mass is 661 g/mol. The van der Waals surface area contributed by atoms with Crippen molar-refractivity contribution < 1.29 is 14.4 Å². The molecule has 0 bridgehead atoms. The normalized spacial score (nSPS) is 11.8. The highest BCUT2D eigenvalue weighted by Crippen LogP contribution is 2.37. The minimum Gasteiger partial charge on any atom is -0.325 e. The summed E-state index contributed by atoms with van der Waals surface area (Å²) in [6.07, 6.45) is 1.69. The topological polar surface area (TPSA) is 87.3 Å². The van der Waals surface area contributed by atoms with E-state index in [1.165, 1.54) is 11.8 Å². The molecule has 6 aromatic rings. The average Bonchev–Trinajstić information content (AvgIpc) is 3.11. The molecule has 49 heavy (non-hydrogen) atoms. The number of thioether (sulfide) groups is 1. The SMILES string of the molecule is Cc1cc(C)cc(NC(=O)C(Sc2cccc(NC(=O)/C(=C\c3cccc4ccccc34)NC(=O)c3ccccc3)c2)c2ccccc2)c1. The quantitative estimate of drug-likeness (QED) is 0.101. The Balaban J connectivity index is 1.27. The predicted octanol–water partition coefficient (Wildman–Crippen LogP) is 9.34. The van der Waals surface area contributed by atoms with Crippen LogP contribution in [0.2, 0.25) is 0 Å². The van der Waals surface area contributed by atoms with Crippen LogP contribution in [0.3, 0.4) is 0 Å². The van der Waals surface area contributed by atoms with Gasteiger partial charge in [-0.15, -0.1) is 11.8 Å². The number of rotatable bonds is 10. The van der Waals surface area contributed by atoms with E-state index in [0.717, 1.165) is 43.6 Å². The minimum atomic E-state index is -0.556. The third kappa shape index (κ3) is 8.52. The lowest BCUT2D eigenvalue weighted by Crippen LogP contribution is -2.30. The summed E-state index contributed by atoms with van der Waals surface area (Å²) in [5.74, 6) is -1.03. The standard InChI is InChI=1S/C42H35N3O3S/c1-28-23-29(2)25-35(24-28)44-42(48)39(31-14-5-3-6-15-31)49-36-21-12-20-34(27-36)43-41(47)38(45-40(46)32-16-7-4-8-17-32)26-33-19-11-18-30-13-9-10-22-37(30)33/h3-27,39H,1-2H3,(H,43,47)(H,44,48)(H,45,46)/b38-26+. The summed E-state index contributed by atoms with van der Waals surface area (Å²) in [5, 5.41) is 10.3. The van der Waals surface area contributed by atoms with Gasteiger partial charge >= 0.3 is 0 Å². The highest BCUT2D eigenvalue weighted by molar-refractivity contribution is 8.00. The van der Waals surface area contributed by atoms with E-state index in [1.54, 1.807) is 36.4 Å². The van der Waals surface area contributed by atoms with E-state index in [4.69, 9.17) is 0 Å². The first kappa shape index (κ1) is 33.0. The van der Waals surface area contributed by atoms with Crippen molar-refractivity contribution in [3.8, 4) is 0 Å². The van der Waals surface area contributed by atoms with Crippen molar-refractivity contribution in [2.24, 2.45) is 0 Å². The average molecular weight is 662 g/mol. The van der Waals surface area contributed by atoms with Gasteiger partial charge in [-0.05, 0) is 95.4 Å². The summed E-state index contributed by atoms with van der Waals surface area (Å²) in [6, 6.07) is 45.4. The molecule has 1 atom stereocenters. The van der Waals surface area contributed by atoms with Crippen LogP contribution in [0.4, 0.5) is 11.4 Å². The Hall–Kier alpha value is -5.92. The fraction of sp³-hybridized carbons (Fsp3) is 0.0714. The Bertz CT molecular complexity index is 2140. The van der Waals surface area contributed by atoms with E-state index in [0.29, 0.717) is 11.3 Å². The number of aryl methyl sites for hydroxylation is 2. The number of anilines is 2. The fourth-order valence-electron chi connectivity index (χ4n) is 5.61. The molecule has 0 saturated carbocycles. The maximum Gasteiger partial charge on any atom is 0.272 e. The molecule has 0 aliphatic heterocycles. The van der Waals surface area contributed by atoms with Crippen molar-refractivity contribution in [3.63, 3.8) is 0 Å². The summed E-state index contributed by atoms with van der Waals surface area (Å²) in [6.45, 7) is 4.00. The van der Waals surface area contributed by atoms with Gasteiger partial charge in [-0.1, -0.05) is 103 Å². The van der Waals surface area contributed by atoms with Gasteiger partial charge in [-0.3, -0.25) is 14.4 Å². The number of amides is 3. The lowest BCUT2D eigenvalue weighted by atomic mass is 10.0. The number of fused-ring (bicyclic) bond motifs is 1. The smallest absolute Gasteiger partial charge is 0.272 e. The second-order valence-corrected chi connectivity index (χ2v) is 12.9. The van der Waals surface area contributed by atoms with Crippen LogP contribution in [-0.4, -0.2) is 17.7 Å². The van der Waals surface area contributed by atoms with Crippen LogP contribution in [-0.2, 0) is 9.59 Å². The number of nitrogens with one attached hydrogen (secondary N) is 3. The minimum absolute atomic E-state index is 0.0956. The Labute approximate surface area is 290 Å². The van der Waals surface area contributed by atoms with Crippen LogP contribution in [0.25, 0.3) is 16.8 Å². The molecule has 6 nitrogen and oxygen atoms in total. The molecule has 0 radical (unpaired) electrons. The lowest BCUT2D eigenvalue weighted by molar-refractivity contribution is -0.116. The first-order chi connectivity index (χ1) is 23.8. The molecule has 0 aliphatic carbocycles. The predicted molar refractivity (Wildman–Crippen MR) is 200 cm³/mol. The van der Waals surface area contributed by atoms with Gasteiger partial charge in [0.25, 0.3) is 11.8 Å². The van der Waals surface area contributed by atoms with E-state index in [-0.39, 0.29) is 11.6 Å². The molecular formula is C42H35N3O3S. The Kier molecular flexibility index (Phi) is 10.3. The zero-order valence-corrected chi connectivity index (χ0v) is 28.0. The highest BCUT2D eigenvalue weighted by Gasteiger charge is 2.23. The van der Waals surface area contributed by atoms with Gasteiger partial charge in [0, 0.05) is 21.8 Å². The molecule has 3 amide bonds. The molecule has 6 aromatic carbocycles. The molecule has 0 fully saturated rings. The molecule has 0 spiro atoms. The van der Waals surface area contributed by atoms with Crippen molar-refractivity contribution in [2.45, 2.75) is 24.0 Å². The van der Waals surface area contributed by atoms with Crippen LogP contribution in [0.1, 0.15) is 37.9 Å². The second-order valence-electron chi connectivity index (χ2n) is 11.7. The molecule has 0 saturated heterocycles. The van der Waals surface area contributed by atoms with E-state index in [2.05, 4.69) is 22.0 Å².